The zero-order valence-corrected chi connectivity index (χ0v) is 9.78. The van der Waals surface area contributed by atoms with Gasteiger partial charge in [-0.3, -0.25) is 0 Å². The van der Waals surface area contributed by atoms with Gasteiger partial charge in [0.05, 0.1) is 14.2 Å². The van der Waals surface area contributed by atoms with E-state index in [1.54, 1.807) is 20.1 Å². The lowest BCUT2D eigenvalue weighted by molar-refractivity contribution is 0.355. The van der Waals surface area contributed by atoms with Gasteiger partial charge in [0, 0.05) is 23.7 Å². The summed E-state index contributed by atoms with van der Waals surface area (Å²) in [5.41, 5.74) is 12.5. The van der Waals surface area contributed by atoms with Crippen LogP contribution in [0, 0.1) is 6.92 Å². The fourth-order valence-corrected chi connectivity index (χ4v) is 1.61. The largest absolute Gasteiger partial charge is 0.504 e. The average Bonchev–Trinajstić information content (AvgIpc) is 2.29. The van der Waals surface area contributed by atoms with E-state index in [4.69, 9.17) is 20.9 Å². The topological polar surface area (TPSA) is 90.7 Å². The summed E-state index contributed by atoms with van der Waals surface area (Å²) < 4.78 is 10.3. The minimum atomic E-state index is -0.441. The van der Waals surface area contributed by atoms with Crippen molar-refractivity contribution in [1.29, 1.82) is 0 Å². The number of benzene rings is 1. The Bertz CT molecular complexity index is 380. The lowest BCUT2D eigenvalue weighted by Crippen LogP contribution is -2.21. The molecule has 5 nitrogen and oxygen atoms in total. The van der Waals surface area contributed by atoms with Gasteiger partial charge in [0.2, 0.25) is 0 Å². The maximum absolute atomic E-state index is 9.98. The van der Waals surface area contributed by atoms with Gasteiger partial charge in [0.15, 0.2) is 11.5 Å². The van der Waals surface area contributed by atoms with Crippen LogP contribution in [0.25, 0.3) is 0 Å². The van der Waals surface area contributed by atoms with E-state index in [0.29, 0.717) is 17.1 Å². The molecule has 1 rings (SSSR count). The number of methoxy groups -OCH3 is 2. The van der Waals surface area contributed by atoms with Gasteiger partial charge in [-0.2, -0.15) is 0 Å². The van der Waals surface area contributed by atoms with Gasteiger partial charge in [-0.15, -0.1) is 0 Å². The van der Waals surface area contributed by atoms with Crippen LogP contribution < -0.4 is 20.9 Å². The second-order valence-corrected chi connectivity index (χ2v) is 3.52. The van der Waals surface area contributed by atoms with Crippen LogP contribution in [-0.2, 0) is 0 Å². The summed E-state index contributed by atoms with van der Waals surface area (Å²) in [6, 6.07) is 1.24. The predicted octanol–water partition coefficient (Wildman–Crippen LogP) is 0.676. The first-order valence-corrected chi connectivity index (χ1v) is 4.96. The molecule has 0 radical (unpaired) electrons. The summed E-state index contributed by atoms with van der Waals surface area (Å²) >= 11 is 0. The zero-order valence-electron chi connectivity index (χ0n) is 9.78. The van der Waals surface area contributed by atoms with Gasteiger partial charge >= 0.3 is 0 Å². The molecule has 5 N–H and O–H groups in total. The summed E-state index contributed by atoms with van der Waals surface area (Å²) in [6.07, 6.45) is 0. The third-order valence-electron chi connectivity index (χ3n) is 2.56. The summed E-state index contributed by atoms with van der Waals surface area (Å²) in [7, 11) is 3.04. The maximum atomic E-state index is 9.98. The Morgan fingerprint density at radius 3 is 2.44 bits per heavy atom. The first-order valence-electron chi connectivity index (χ1n) is 4.96. The number of nitrogens with two attached hydrogens (primary N) is 2. The van der Waals surface area contributed by atoms with Crippen LogP contribution in [0.3, 0.4) is 0 Å². The van der Waals surface area contributed by atoms with E-state index in [1.165, 1.54) is 7.11 Å². The van der Waals surface area contributed by atoms with E-state index >= 15 is 0 Å². The Balaban J connectivity index is 3.40. The molecule has 1 aromatic rings. The van der Waals surface area contributed by atoms with Crippen molar-refractivity contribution in [3.63, 3.8) is 0 Å². The second kappa shape index (κ2) is 5.05. The molecular formula is C11H18N2O3. The molecule has 0 bridgehead atoms. The number of aromatic hydroxyl groups is 1. The molecular weight excluding hydrogens is 208 g/mol. The Morgan fingerprint density at radius 2 is 2.00 bits per heavy atom. The minimum Gasteiger partial charge on any atom is -0.504 e. The van der Waals surface area contributed by atoms with Crippen LogP contribution in [0.2, 0.25) is 0 Å². The van der Waals surface area contributed by atoms with Crippen molar-refractivity contribution in [2.75, 3.05) is 20.8 Å². The first kappa shape index (κ1) is 12.6. The van der Waals surface area contributed by atoms with Crippen molar-refractivity contribution in [3.8, 4) is 17.2 Å². The first-order chi connectivity index (χ1) is 7.56. The molecule has 0 unspecified atom stereocenters. The number of phenols is 1. The minimum absolute atomic E-state index is 0.0266. The summed E-state index contributed by atoms with van der Waals surface area (Å²) in [6.45, 7) is 2.04. The Labute approximate surface area is 95.0 Å². The molecule has 0 fully saturated rings. The highest BCUT2D eigenvalue weighted by molar-refractivity contribution is 5.58. The third kappa shape index (κ3) is 2.05. The number of rotatable bonds is 4. The number of ether oxygens (including phenoxy) is 2. The van der Waals surface area contributed by atoms with Crippen molar-refractivity contribution in [2.24, 2.45) is 11.5 Å². The van der Waals surface area contributed by atoms with E-state index in [9.17, 15) is 5.11 Å². The molecule has 0 amide bonds. The Hall–Kier alpha value is -1.46. The lowest BCUT2D eigenvalue weighted by atomic mass is 10.0. The maximum Gasteiger partial charge on any atom is 0.167 e. The molecule has 90 valence electrons. The van der Waals surface area contributed by atoms with Crippen molar-refractivity contribution in [3.05, 3.63) is 17.2 Å². The van der Waals surface area contributed by atoms with E-state index in [0.717, 1.165) is 5.56 Å². The summed E-state index contributed by atoms with van der Waals surface area (Å²) in [5, 5.41) is 9.98. The van der Waals surface area contributed by atoms with Gasteiger partial charge in [-0.25, -0.2) is 0 Å². The standard InChI is InChI=1S/C11H18N2O3/c1-6-9(15-2)4-7(8(13)5-12)10(14)11(6)16-3/h4,8,14H,5,12-13H2,1-3H3/t8-/m0/s1. The van der Waals surface area contributed by atoms with E-state index in [1.807, 2.05) is 0 Å². The van der Waals surface area contributed by atoms with Crippen molar-refractivity contribution >= 4 is 0 Å². The molecule has 1 atom stereocenters. The molecule has 0 aliphatic carbocycles. The highest BCUT2D eigenvalue weighted by atomic mass is 16.5. The van der Waals surface area contributed by atoms with E-state index in [-0.39, 0.29) is 12.3 Å². The number of phenolic OH excluding ortho intramolecular Hbond substituents is 1. The van der Waals surface area contributed by atoms with Gasteiger partial charge in [-0.05, 0) is 13.0 Å². The highest BCUT2D eigenvalue weighted by Crippen LogP contribution is 2.41. The fraction of sp³-hybridized carbons (Fsp3) is 0.455. The SMILES string of the molecule is COc1cc([C@@H](N)CN)c(O)c(OC)c1C. The van der Waals surface area contributed by atoms with Crippen LogP contribution >= 0.6 is 0 Å². The molecule has 0 spiro atoms. The Morgan fingerprint density at radius 1 is 1.38 bits per heavy atom. The molecule has 0 aliphatic rings. The van der Waals surface area contributed by atoms with E-state index in [2.05, 4.69) is 0 Å². The molecule has 0 saturated heterocycles. The summed E-state index contributed by atoms with van der Waals surface area (Å²) in [4.78, 5) is 0. The fourth-order valence-electron chi connectivity index (χ4n) is 1.61. The second-order valence-electron chi connectivity index (χ2n) is 3.52. The Kier molecular flexibility index (Phi) is 3.98. The molecule has 16 heavy (non-hydrogen) atoms. The van der Waals surface area contributed by atoms with Gasteiger partial charge < -0.3 is 26.0 Å². The number of hydrogen-bond donors (Lipinski definition) is 3. The van der Waals surface area contributed by atoms with Crippen LogP contribution in [0.5, 0.6) is 17.2 Å². The number of hydrogen-bond acceptors (Lipinski definition) is 5. The molecule has 0 heterocycles. The van der Waals surface area contributed by atoms with Crippen molar-refractivity contribution in [2.45, 2.75) is 13.0 Å². The molecule has 0 aliphatic heterocycles. The molecule has 0 aromatic heterocycles. The van der Waals surface area contributed by atoms with Crippen LogP contribution in [0.4, 0.5) is 0 Å². The van der Waals surface area contributed by atoms with Gasteiger partial charge in [0.25, 0.3) is 0 Å². The lowest BCUT2D eigenvalue weighted by Gasteiger charge is -2.18. The van der Waals surface area contributed by atoms with Crippen molar-refractivity contribution in [1.82, 2.24) is 0 Å². The highest BCUT2D eigenvalue weighted by Gasteiger charge is 2.19. The van der Waals surface area contributed by atoms with Crippen LogP contribution in [-0.4, -0.2) is 25.9 Å². The average molecular weight is 226 g/mol. The molecule has 5 heteroatoms. The van der Waals surface area contributed by atoms with Crippen LogP contribution in [0.15, 0.2) is 6.07 Å². The summed E-state index contributed by atoms with van der Waals surface area (Å²) in [5.74, 6) is 1.02. The zero-order chi connectivity index (χ0) is 12.3. The van der Waals surface area contributed by atoms with Gasteiger partial charge in [-0.1, -0.05) is 0 Å². The van der Waals surface area contributed by atoms with Crippen LogP contribution in [0.1, 0.15) is 17.2 Å². The smallest absolute Gasteiger partial charge is 0.167 e. The third-order valence-corrected chi connectivity index (χ3v) is 2.56. The van der Waals surface area contributed by atoms with Gasteiger partial charge in [0.1, 0.15) is 5.75 Å². The normalized spacial score (nSPS) is 12.3. The quantitative estimate of drug-likeness (QED) is 0.702. The molecule has 0 saturated carbocycles. The predicted molar refractivity (Wildman–Crippen MR) is 61.9 cm³/mol. The monoisotopic (exact) mass is 226 g/mol. The van der Waals surface area contributed by atoms with E-state index < -0.39 is 6.04 Å². The van der Waals surface area contributed by atoms with Crippen molar-refractivity contribution < 1.29 is 14.6 Å². The molecule has 1 aromatic carbocycles.